The van der Waals surface area contributed by atoms with E-state index in [-0.39, 0.29) is 0 Å². The molecule has 0 aromatic rings. The Labute approximate surface area is 126 Å². The minimum atomic E-state index is 0.414. The molecule has 118 valence electrons. The second kappa shape index (κ2) is 7.26. The summed E-state index contributed by atoms with van der Waals surface area (Å²) in [7, 11) is 4.63. The molecule has 2 nitrogen and oxygen atoms in total. The van der Waals surface area contributed by atoms with E-state index in [1.54, 1.807) is 0 Å². The molecule has 2 saturated carbocycles. The van der Waals surface area contributed by atoms with Crippen molar-refractivity contribution in [2.75, 3.05) is 20.6 Å². The third-order valence-electron chi connectivity index (χ3n) is 6.11. The van der Waals surface area contributed by atoms with E-state index in [0.717, 1.165) is 11.8 Å². The lowest BCUT2D eigenvalue weighted by atomic mass is 9.68. The fourth-order valence-electron chi connectivity index (χ4n) is 4.24. The van der Waals surface area contributed by atoms with Crippen LogP contribution in [0.3, 0.4) is 0 Å². The Morgan fingerprint density at radius 3 is 2.25 bits per heavy atom. The van der Waals surface area contributed by atoms with E-state index in [1.165, 1.54) is 64.3 Å². The van der Waals surface area contributed by atoms with Crippen LogP contribution >= 0.6 is 0 Å². The predicted octanol–water partition coefficient (Wildman–Crippen LogP) is 4.06. The highest BCUT2D eigenvalue weighted by Gasteiger charge is 2.43. The highest BCUT2D eigenvalue weighted by Crippen LogP contribution is 2.41. The average Bonchev–Trinajstić information content (AvgIpc) is 2.38. The van der Waals surface area contributed by atoms with Gasteiger partial charge in [-0.05, 0) is 71.0 Å². The van der Waals surface area contributed by atoms with Crippen LogP contribution in [-0.2, 0) is 0 Å². The Balaban J connectivity index is 2.07. The van der Waals surface area contributed by atoms with E-state index < -0.39 is 0 Å². The SMILES string of the molecule is CCCNC(CC1CCC1)C1(N(C)C)CCC(C)CC1. The summed E-state index contributed by atoms with van der Waals surface area (Å²) in [6, 6.07) is 0.704. The van der Waals surface area contributed by atoms with E-state index in [0.29, 0.717) is 11.6 Å². The molecule has 20 heavy (non-hydrogen) atoms. The number of rotatable bonds is 7. The summed E-state index contributed by atoms with van der Waals surface area (Å²) in [5, 5.41) is 3.93. The number of nitrogens with zero attached hydrogens (tertiary/aromatic N) is 1. The van der Waals surface area contributed by atoms with Crippen LogP contribution in [0.25, 0.3) is 0 Å². The molecule has 0 aliphatic heterocycles. The van der Waals surface area contributed by atoms with Gasteiger partial charge in [0, 0.05) is 11.6 Å². The van der Waals surface area contributed by atoms with Gasteiger partial charge in [0.2, 0.25) is 0 Å². The molecule has 1 unspecified atom stereocenters. The van der Waals surface area contributed by atoms with Crippen molar-refractivity contribution in [2.45, 2.75) is 83.2 Å². The lowest BCUT2D eigenvalue weighted by molar-refractivity contribution is 0.0289. The lowest BCUT2D eigenvalue weighted by Gasteiger charge is -2.51. The Morgan fingerprint density at radius 1 is 1.15 bits per heavy atom. The highest BCUT2D eigenvalue weighted by atomic mass is 15.2. The first-order valence-electron chi connectivity index (χ1n) is 8.99. The van der Waals surface area contributed by atoms with Crippen LogP contribution in [0.2, 0.25) is 0 Å². The third kappa shape index (κ3) is 3.57. The minimum Gasteiger partial charge on any atom is -0.312 e. The molecule has 0 aromatic carbocycles. The van der Waals surface area contributed by atoms with Crippen LogP contribution in [0.5, 0.6) is 0 Å². The molecule has 2 fully saturated rings. The molecule has 0 radical (unpaired) electrons. The monoisotopic (exact) mass is 280 g/mol. The summed E-state index contributed by atoms with van der Waals surface area (Å²) in [6.45, 7) is 5.90. The first-order valence-corrected chi connectivity index (χ1v) is 8.99. The summed E-state index contributed by atoms with van der Waals surface area (Å²) in [5.74, 6) is 1.93. The van der Waals surface area contributed by atoms with Gasteiger partial charge < -0.3 is 10.2 Å². The zero-order valence-electron chi connectivity index (χ0n) is 14.3. The molecular formula is C18H36N2. The van der Waals surface area contributed by atoms with Gasteiger partial charge in [0.1, 0.15) is 0 Å². The van der Waals surface area contributed by atoms with Crippen LogP contribution in [0, 0.1) is 11.8 Å². The van der Waals surface area contributed by atoms with Crippen LogP contribution in [-0.4, -0.2) is 37.1 Å². The highest BCUT2D eigenvalue weighted by molar-refractivity contribution is 5.02. The van der Waals surface area contributed by atoms with Crippen molar-refractivity contribution in [1.29, 1.82) is 0 Å². The Bertz CT molecular complexity index is 275. The van der Waals surface area contributed by atoms with E-state index in [4.69, 9.17) is 0 Å². The van der Waals surface area contributed by atoms with Gasteiger partial charge in [0.15, 0.2) is 0 Å². The number of likely N-dealkylation sites (N-methyl/N-ethyl adjacent to an activating group) is 1. The summed E-state index contributed by atoms with van der Waals surface area (Å²) >= 11 is 0. The Kier molecular flexibility index (Phi) is 5.92. The standard InChI is InChI=1S/C18H36N2/c1-5-13-19-17(14-16-7-6-8-16)18(20(3)4)11-9-15(2)10-12-18/h15-17,19H,5-14H2,1-4H3. The van der Waals surface area contributed by atoms with Crippen molar-refractivity contribution in [2.24, 2.45) is 11.8 Å². The first kappa shape index (κ1) is 16.3. The molecule has 2 heteroatoms. The normalized spacial score (nSPS) is 33.1. The zero-order chi connectivity index (χ0) is 14.6. The molecule has 0 bridgehead atoms. The molecule has 2 rings (SSSR count). The molecule has 2 aliphatic carbocycles. The fraction of sp³-hybridized carbons (Fsp3) is 1.00. The van der Waals surface area contributed by atoms with Gasteiger partial charge in [-0.3, -0.25) is 0 Å². The molecule has 0 saturated heterocycles. The summed E-state index contributed by atoms with van der Waals surface area (Å²) in [6.07, 6.45) is 12.7. The van der Waals surface area contributed by atoms with Crippen LogP contribution in [0.1, 0.15) is 71.6 Å². The molecule has 0 amide bonds. The Morgan fingerprint density at radius 2 is 1.80 bits per heavy atom. The second-order valence-corrected chi connectivity index (χ2v) is 7.72. The molecular weight excluding hydrogens is 244 g/mol. The van der Waals surface area contributed by atoms with E-state index in [1.807, 2.05) is 0 Å². The molecule has 2 aliphatic rings. The maximum absolute atomic E-state index is 3.93. The van der Waals surface area contributed by atoms with Crippen molar-refractivity contribution in [3.8, 4) is 0 Å². The van der Waals surface area contributed by atoms with Crippen molar-refractivity contribution < 1.29 is 0 Å². The lowest BCUT2D eigenvalue weighted by Crippen LogP contribution is -2.61. The number of hydrogen-bond acceptors (Lipinski definition) is 2. The molecule has 0 heterocycles. The topological polar surface area (TPSA) is 15.3 Å². The number of nitrogens with one attached hydrogen (secondary N) is 1. The van der Waals surface area contributed by atoms with Gasteiger partial charge >= 0.3 is 0 Å². The Hall–Kier alpha value is -0.0800. The van der Waals surface area contributed by atoms with Crippen molar-refractivity contribution in [3.63, 3.8) is 0 Å². The summed E-state index contributed by atoms with van der Waals surface area (Å²) in [5.41, 5.74) is 0.414. The van der Waals surface area contributed by atoms with E-state index in [9.17, 15) is 0 Å². The molecule has 1 N–H and O–H groups in total. The molecule has 0 aromatic heterocycles. The molecule has 0 spiro atoms. The van der Waals surface area contributed by atoms with Gasteiger partial charge in [-0.25, -0.2) is 0 Å². The van der Waals surface area contributed by atoms with Crippen molar-refractivity contribution in [1.82, 2.24) is 10.2 Å². The predicted molar refractivity (Wildman–Crippen MR) is 88.1 cm³/mol. The fourth-order valence-corrected chi connectivity index (χ4v) is 4.24. The van der Waals surface area contributed by atoms with Gasteiger partial charge in [0.25, 0.3) is 0 Å². The number of hydrogen-bond donors (Lipinski definition) is 1. The van der Waals surface area contributed by atoms with E-state index in [2.05, 4.69) is 38.2 Å². The smallest absolute Gasteiger partial charge is 0.0356 e. The van der Waals surface area contributed by atoms with Crippen molar-refractivity contribution in [3.05, 3.63) is 0 Å². The molecule has 1 atom stereocenters. The van der Waals surface area contributed by atoms with E-state index >= 15 is 0 Å². The maximum Gasteiger partial charge on any atom is 0.0356 e. The van der Waals surface area contributed by atoms with Crippen LogP contribution in [0.15, 0.2) is 0 Å². The van der Waals surface area contributed by atoms with Gasteiger partial charge in [0.05, 0.1) is 0 Å². The van der Waals surface area contributed by atoms with Gasteiger partial charge in [-0.2, -0.15) is 0 Å². The van der Waals surface area contributed by atoms with Crippen LogP contribution in [0.4, 0.5) is 0 Å². The summed E-state index contributed by atoms with van der Waals surface area (Å²) < 4.78 is 0. The minimum absolute atomic E-state index is 0.414. The summed E-state index contributed by atoms with van der Waals surface area (Å²) in [4.78, 5) is 2.56. The largest absolute Gasteiger partial charge is 0.312 e. The quantitative estimate of drug-likeness (QED) is 0.756. The van der Waals surface area contributed by atoms with Crippen molar-refractivity contribution >= 4 is 0 Å². The van der Waals surface area contributed by atoms with Crippen LogP contribution < -0.4 is 5.32 Å². The van der Waals surface area contributed by atoms with Gasteiger partial charge in [-0.15, -0.1) is 0 Å². The zero-order valence-corrected chi connectivity index (χ0v) is 14.3. The average molecular weight is 280 g/mol. The third-order valence-corrected chi connectivity index (χ3v) is 6.11. The van der Waals surface area contributed by atoms with Gasteiger partial charge in [-0.1, -0.05) is 33.1 Å². The maximum atomic E-state index is 3.93. The first-order chi connectivity index (χ1) is 9.58. The second-order valence-electron chi connectivity index (χ2n) is 7.72.